The van der Waals surface area contributed by atoms with E-state index >= 15 is 0 Å². The van der Waals surface area contributed by atoms with E-state index in [0.29, 0.717) is 6.54 Å². The lowest BCUT2D eigenvalue weighted by Gasteiger charge is -2.30. The summed E-state index contributed by atoms with van der Waals surface area (Å²) in [5.74, 6) is 0.951. The van der Waals surface area contributed by atoms with Crippen LogP contribution in [0.3, 0.4) is 0 Å². The van der Waals surface area contributed by atoms with Crippen molar-refractivity contribution < 1.29 is 4.79 Å². The van der Waals surface area contributed by atoms with Crippen LogP contribution in [-0.4, -0.2) is 29.9 Å². The minimum atomic E-state index is 0. The summed E-state index contributed by atoms with van der Waals surface area (Å²) in [4.78, 5) is 15.6. The number of amides is 1. The van der Waals surface area contributed by atoms with Crippen molar-refractivity contribution in [1.82, 2.24) is 4.90 Å². The number of halogens is 2. The Hall–Kier alpha value is -1.20. The van der Waals surface area contributed by atoms with Crippen LogP contribution in [0.15, 0.2) is 53.4 Å². The molecule has 1 aliphatic heterocycles. The first-order chi connectivity index (χ1) is 11.6. The lowest BCUT2D eigenvalue weighted by Crippen LogP contribution is -2.45. The molecule has 1 fully saturated rings. The Labute approximate surface area is 164 Å². The Morgan fingerprint density at radius 1 is 1.16 bits per heavy atom. The fourth-order valence-electron chi connectivity index (χ4n) is 2.82. The summed E-state index contributed by atoms with van der Waals surface area (Å²) in [6, 6.07) is 15.8. The van der Waals surface area contributed by atoms with Crippen LogP contribution in [0.2, 0.25) is 5.02 Å². The van der Waals surface area contributed by atoms with Crippen LogP contribution in [0.5, 0.6) is 0 Å². The Morgan fingerprint density at radius 3 is 2.48 bits per heavy atom. The number of thioether (sulfide) groups is 1. The smallest absolute Gasteiger partial charge is 0.253 e. The zero-order valence-electron chi connectivity index (χ0n) is 13.9. The van der Waals surface area contributed by atoms with E-state index in [1.807, 2.05) is 53.4 Å². The summed E-state index contributed by atoms with van der Waals surface area (Å²) in [7, 11) is 0. The average molecular weight is 397 g/mol. The number of hydrogen-bond acceptors (Lipinski definition) is 3. The second kappa shape index (κ2) is 9.48. The number of piperidine rings is 1. The first kappa shape index (κ1) is 20.1. The van der Waals surface area contributed by atoms with Crippen molar-refractivity contribution in [2.45, 2.75) is 29.5 Å². The van der Waals surface area contributed by atoms with Crippen LogP contribution < -0.4 is 5.73 Å². The number of rotatable bonds is 4. The second-order valence-corrected chi connectivity index (χ2v) is 7.58. The second-order valence-electron chi connectivity index (χ2n) is 6.09. The maximum Gasteiger partial charge on any atom is 0.253 e. The minimum absolute atomic E-state index is 0. The summed E-state index contributed by atoms with van der Waals surface area (Å²) in [6.07, 6.45) is 1.99. The van der Waals surface area contributed by atoms with Gasteiger partial charge in [0.2, 0.25) is 0 Å². The van der Waals surface area contributed by atoms with Gasteiger partial charge < -0.3 is 10.6 Å². The highest BCUT2D eigenvalue weighted by Crippen LogP contribution is 2.24. The highest BCUT2D eigenvalue weighted by molar-refractivity contribution is 7.98. The number of likely N-dealkylation sites (tertiary alicyclic amines) is 1. The third kappa shape index (κ3) is 5.65. The van der Waals surface area contributed by atoms with E-state index in [2.05, 4.69) is 0 Å². The Bertz CT molecular complexity index is 692. The first-order valence-corrected chi connectivity index (χ1v) is 9.50. The molecule has 25 heavy (non-hydrogen) atoms. The SMILES string of the molecule is Cl.NC1CCCN(C(=O)c2ccc(CSc3ccc(Cl)cc3)cc2)C1. The predicted octanol–water partition coefficient (Wildman–Crippen LogP) is 4.62. The summed E-state index contributed by atoms with van der Waals surface area (Å²) < 4.78 is 0. The molecule has 0 aromatic heterocycles. The molecule has 1 aliphatic rings. The molecule has 1 heterocycles. The molecule has 1 atom stereocenters. The monoisotopic (exact) mass is 396 g/mol. The summed E-state index contributed by atoms with van der Waals surface area (Å²) >= 11 is 7.65. The molecule has 0 saturated carbocycles. The van der Waals surface area contributed by atoms with Gasteiger partial charge in [0.05, 0.1) is 0 Å². The van der Waals surface area contributed by atoms with Gasteiger partial charge in [-0.1, -0.05) is 23.7 Å². The van der Waals surface area contributed by atoms with Gasteiger partial charge in [0.1, 0.15) is 0 Å². The van der Waals surface area contributed by atoms with Crippen molar-refractivity contribution >= 4 is 41.7 Å². The topological polar surface area (TPSA) is 46.3 Å². The molecule has 0 spiro atoms. The molecule has 134 valence electrons. The molecule has 0 aliphatic carbocycles. The molecule has 1 saturated heterocycles. The van der Waals surface area contributed by atoms with Crippen molar-refractivity contribution in [3.8, 4) is 0 Å². The summed E-state index contributed by atoms with van der Waals surface area (Å²) in [6.45, 7) is 1.47. The molecular formula is C19H22Cl2N2OS. The van der Waals surface area contributed by atoms with Crippen LogP contribution in [0, 0.1) is 0 Å². The quantitative estimate of drug-likeness (QED) is 0.766. The molecule has 1 amide bonds. The van der Waals surface area contributed by atoms with E-state index in [9.17, 15) is 4.79 Å². The first-order valence-electron chi connectivity index (χ1n) is 8.14. The van der Waals surface area contributed by atoms with Gasteiger partial charge in [0.15, 0.2) is 0 Å². The van der Waals surface area contributed by atoms with Crippen molar-refractivity contribution in [2.24, 2.45) is 5.73 Å². The largest absolute Gasteiger partial charge is 0.337 e. The molecule has 0 bridgehead atoms. The fourth-order valence-corrected chi connectivity index (χ4v) is 3.80. The Kier molecular flexibility index (Phi) is 7.63. The molecule has 2 aromatic carbocycles. The normalized spacial score (nSPS) is 17.0. The van der Waals surface area contributed by atoms with Crippen molar-refractivity contribution in [2.75, 3.05) is 13.1 Å². The maximum absolute atomic E-state index is 12.5. The van der Waals surface area contributed by atoms with Gasteiger partial charge in [-0.3, -0.25) is 4.79 Å². The van der Waals surface area contributed by atoms with Gasteiger partial charge in [-0.15, -0.1) is 24.2 Å². The minimum Gasteiger partial charge on any atom is -0.337 e. The highest BCUT2D eigenvalue weighted by atomic mass is 35.5. The maximum atomic E-state index is 12.5. The molecule has 6 heteroatoms. The fraction of sp³-hybridized carbons (Fsp3) is 0.316. The number of carbonyl (C=O) groups excluding carboxylic acids is 1. The average Bonchev–Trinajstić information content (AvgIpc) is 2.61. The third-order valence-electron chi connectivity index (χ3n) is 4.17. The zero-order chi connectivity index (χ0) is 16.9. The van der Waals surface area contributed by atoms with E-state index in [1.165, 1.54) is 10.5 Å². The molecular weight excluding hydrogens is 375 g/mol. The Balaban J connectivity index is 0.00000225. The third-order valence-corrected chi connectivity index (χ3v) is 5.50. The van der Waals surface area contributed by atoms with Gasteiger partial charge in [0.25, 0.3) is 5.91 Å². The number of nitrogens with zero attached hydrogens (tertiary/aromatic N) is 1. The molecule has 2 N–H and O–H groups in total. The summed E-state index contributed by atoms with van der Waals surface area (Å²) in [5, 5.41) is 0.750. The standard InChI is InChI=1S/C19H21ClN2OS.ClH/c20-16-7-9-18(10-8-16)24-13-14-3-5-15(6-4-14)19(23)22-11-1-2-17(21)12-22;/h3-10,17H,1-2,11-13,21H2;1H. The molecule has 1 unspecified atom stereocenters. The van der Waals surface area contributed by atoms with E-state index in [0.717, 1.165) is 35.7 Å². The van der Waals surface area contributed by atoms with Gasteiger partial charge >= 0.3 is 0 Å². The number of carbonyl (C=O) groups is 1. The lowest BCUT2D eigenvalue weighted by molar-refractivity contribution is 0.0709. The molecule has 0 radical (unpaired) electrons. The van der Waals surface area contributed by atoms with E-state index in [1.54, 1.807) is 11.8 Å². The Morgan fingerprint density at radius 2 is 1.84 bits per heavy atom. The van der Waals surface area contributed by atoms with E-state index in [-0.39, 0.29) is 24.4 Å². The van der Waals surface area contributed by atoms with Gasteiger partial charge in [0, 0.05) is 40.4 Å². The van der Waals surface area contributed by atoms with Gasteiger partial charge in [-0.2, -0.15) is 0 Å². The molecule has 2 aromatic rings. The molecule has 3 nitrogen and oxygen atoms in total. The predicted molar refractivity (Wildman–Crippen MR) is 108 cm³/mol. The van der Waals surface area contributed by atoms with E-state index < -0.39 is 0 Å². The van der Waals surface area contributed by atoms with E-state index in [4.69, 9.17) is 17.3 Å². The highest BCUT2D eigenvalue weighted by Gasteiger charge is 2.22. The van der Waals surface area contributed by atoms with Crippen LogP contribution >= 0.6 is 35.8 Å². The van der Waals surface area contributed by atoms with Crippen molar-refractivity contribution in [1.29, 1.82) is 0 Å². The molecule has 3 rings (SSSR count). The number of nitrogens with two attached hydrogens (primary N) is 1. The van der Waals surface area contributed by atoms with Crippen LogP contribution in [0.25, 0.3) is 0 Å². The number of benzene rings is 2. The zero-order valence-corrected chi connectivity index (χ0v) is 16.2. The lowest BCUT2D eigenvalue weighted by atomic mass is 10.0. The van der Waals surface area contributed by atoms with Gasteiger partial charge in [-0.25, -0.2) is 0 Å². The van der Waals surface area contributed by atoms with Crippen molar-refractivity contribution in [3.05, 3.63) is 64.7 Å². The van der Waals surface area contributed by atoms with Gasteiger partial charge in [-0.05, 0) is 54.8 Å². The summed E-state index contributed by atoms with van der Waals surface area (Å²) in [5.41, 5.74) is 7.90. The van der Waals surface area contributed by atoms with Crippen LogP contribution in [0.4, 0.5) is 0 Å². The van der Waals surface area contributed by atoms with Crippen LogP contribution in [-0.2, 0) is 5.75 Å². The number of hydrogen-bond donors (Lipinski definition) is 1. The van der Waals surface area contributed by atoms with Crippen LogP contribution in [0.1, 0.15) is 28.8 Å². The van der Waals surface area contributed by atoms with Crippen molar-refractivity contribution in [3.63, 3.8) is 0 Å².